The second kappa shape index (κ2) is 13.6. The fourth-order valence-electron chi connectivity index (χ4n) is 7.09. The number of halogens is 1. The number of carboxylic acids is 1. The summed E-state index contributed by atoms with van der Waals surface area (Å²) in [6, 6.07) is 8.34. The molecular weight excluding hydrogens is 618 g/mol. The van der Waals surface area contributed by atoms with Gasteiger partial charge in [-0.15, -0.1) is 11.8 Å². The Hall–Kier alpha value is -3.69. The molecule has 0 saturated carbocycles. The summed E-state index contributed by atoms with van der Waals surface area (Å²) in [6.07, 6.45) is 8.70. The van der Waals surface area contributed by atoms with Gasteiger partial charge in [0.15, 0.2) is 0 Å². The van der Waals surface area contributed by atoms with E-state index in [1.165, 1.54) is 23.1 Å². The number of nitrogens with one attached hydrogen (secondary N) is 2. The molecule has 1 aliphatic carbocycles. The van der Waals surface area contributed by atoms with Crippen molar-refractivity contribution in [3.8, 4) is 16.9 Å². The number of carboxylic acid groups (broad SMARTS) is 1. The first-order valence-corrected chi connectivity index (χ1v) is 17.6. The highest BCUT2D eigenvalue weighted by Gasteiger charge is 2.27. The fourth-order valence-corrected chi connectivity index (χ4v) is 8.15. The normalized spacial score (nSPS) is 17.4. The molecule has 6 rings (SSSR count). The van der Waals surface area contributed by atoms with Gasteiger partial charge < -0.3 is 25.1 Å². The Morgan fingerprint density at radius 1 is 1.09 bits per heavy atom. The van der Waals surface area contributed by atoms with Gasteiger partial charge in [0, 0.05) is 76.3 Å². The summed E-state index contributed by atoms with van der Waals surface area (Å²) in [5.74, 6) is 1.13. The van der Waals surface area contributed by atoms with Crippen LogP contribution in [0.3, 0.4) is 0 Å². The molecule has 2 aromatic heterocycles. The Morgan fingerprint density at radius 2 is 1.89 bits per heavy atom. The highest BCUT2D eigenvalue weighted by molar-refractivity contribution is 7.99. The van der Waals surface area contributed by atoms with Crippen molar-refractivity contribution in [3.63, 3.8) is 0 Å². The molecule has 0 spiro atoms. The van der Waals surface area contributed by atoms with Gasteiger partial charge in [0.2, 0.25) is 0 Å². The minimum Gasteiger partial charge on any atom is -0.493 e. The van der Waals surface area contributed by atoms with Gasteiger partial charge in [-0.2, -0.15) is 5.10 Å². The molecule has 2 aromatic carbocycles. The number of hydrogen-bond donors (Lipinski definition) is 3. The van der Waals surface area contributed by atoms with Gasteiger partial charge in [-0.05, 0) is 105 Å². The van der Waals surface area contributed by atoms with Crippen molar-refractivity contribution in [2.24, 2.45) is 7.05 Å². The van der Waals surface area contributed by atoms with Crippen LogP contribution in [0.5, 0.6) is 5.75 Å². The van der Waals surface area contributed by atoms with E-state index in [0.717, 1.165) is 77.0 Å². The summed E-state index contributed by atoms with van der Waals surface area (Å²) in [6.45, 7) is 4.88. The number of allylic oxidation sites excluding steroid dienone is 2. The van der Waals surface area contributed by atoms with E-state index in [4.69, 9.17) is 26.8 Å². The number of nitrogens with zero attached hydrogens (tertiary/aromatic N) is 3. The second-order valence-electron chi connectivity index (χ2n) is 12.4. The summed E-state index contributed by atoms with van der Waals surface area (Å²) < 4.78 is 10.3. The number of benzene rings is 2. The van der Waals surface area contributed by atoms with E-state index in [1.54, 1.807) is 11.8 Å². The van der Waals surface area contributed by atoms with Crippen LogP contribution in [0.2, 0.25) is 5.02 Å². The Bertz CT molecular complexity index is 1870. The van der Waals surface area contributed by atoms with Crippen molar-refractivity contribution in [1.29, 1.82) is 5.41 Å². The number of aromatic carboxylic acids is 1. The van der Waals surface area contributed by atoms with Crippen molar-refractivity contribution in [3.05, 3.63) is 80.4 Å². The van der Waals surface area contributed by atoms with E-state index in [-0.39, 0.29) is 5.69 Å². The number of carbonyl (C=O) groups is 1. The number of thioether (sulfide) groups is 1. The molecule has 4 aromatic rings. The van der Waals surface area contributed by atoms with Crippen LogP contribution in [0, 0.1) is 19.3 Å². The maximum atomic E-state index is 12.7. The highest BCUT2D eigenvalue weighted by atomic mass is 35.5. The maximum Gasteiger partial charge on any atom is 0.352 e. The maximum absolute atomic E-state index is 12.7. The van der Waals surface area contributed by atoms with Gasteiger partial charge in [0.25, 0.3) is 0 Å². The molecule has 8 nitrogen and oxygen atoms in total. The predicted molar refractivity (Wildman–Crippen MR) is 188 cm³/mol. The van der Waals surface area contributed by atoms with Crippen molar-refractivity contribution in [2.45, 2.75) is 71.1 Å². The Labute approximate surface area is 279 Å². The molecule has 3 heterocycles. The van der Waals surface area contributed by atoms with Crippen LogP contribution in [-0.4, -0.2) is 50.5 Å². The summed E-state index contributed by atoms with van der Waals surface area (Å²) in [5, 5.41) is 28.7. The average Bonchev–Trinajstić information content (AvgIpc) is 3.48. The molecule has 0 amide bonds. The summed E-state index contributed by atoms with van der Waals surface area (Å²) in [4.78, 5) is 12.7. The van der Waals surface area contributed by atoms with Crippen LogP contribution in [0.1, 0.15) is 69.8 Å². The fraction of sp³-hybridized carbons (Fsp3) is 0.417. The second-order valence-corrected chi connectivity index (χ2v) is 13.7. The van der Waals surface area contributed by atoms with E-state index in [1.807, 2.05) is 55.4 Å². The first-order chi connectivity index (χ1) is 22.2. The van der Waals surface area contributed by atoms with Gasteiger partial charge in [0.05, 0.1) is 12.3 Å². The Balaban J connectivity index is 1.46. The number of rotatable bonds is 2. The molecule has 6 bridgehead atoms. The van der Waals surface area contributed by atoms with Crippen LogP contribution >= 0.6 is 23.4 Å². The smallest absolute Gasteiger partial charge is 0.352 e. The molecule has 3 N–H and O–H groups in total. The number of aryl methyl sites for hydroxylation is 5. The van der Waals surface area contributed by atoms with Crippen molar-refractivity contribution >= 4 is 45.9 Å². The molecule has 0 saturated heterocycles. The monoisotopic (exact) mass is 659 g/mol. The molecule has 2 aliphatic rings. The van der Waals surface area contributed by atoms with Crippen LogP contribution in [0.25, 0.3) is 22.0 Å². The minimum absolute atomic E-state index is 0.276. The standard InChI is InChI=1S/C36H42ClN5O3S/c1-21-32-30-13-12-28(37)34(32)33-22(2)41(4)40-29(33)20-46-19-25(38)18-26(39-3)11-10-23-16-24-8-5-6-9-27(24)31(17-23)45-15-7-14-42(30)35(21)36(43)44/h12-13,16-18,38-39H,5-11,14-15,19-20H2,1-4H3,(H,43,44)/b26-18-,38-25?. The lowest BCUT2D eigenvalue weighted by Gasteiger charge is -2.22. The SMILES string of the molecule is CN/C1=C\C(=N)CSCc2nn(C)c(C)c2-c2c(Cl)ccc3c2c(C)c(C(=O)O)n3CCCOc2cc(cc3c2CCCC3)CC1. The van der Waals surface area contributed by atoms with Gasteiger partial charge in [0.1, 0.15) is 11.4 Å². The van der Waals surface area contributed by atoms with Crippen molar-refractivity contribution < 1.29 is 14.6 Å². The van der Waals surface area contributed by atoms with Gasteiger partial charge in [-0.25, -0.2) is 4.79 Å². The van der Waals surface area contributed by atoms with Crippen LogP contribution in [-0.2, 0) is 38.6 Å². The lowest BCUT2D eigenvalue weighted by atomic mass is 9.88. The van der Waals surface area contributed by atoms with E-state index < -0.39 is 5.97 Å². The third-order valence-electron chi connectivity index (χ3n) is 9.40. The molecule has 0 fully saturated rings. The summed E-state index contributed by atoms with van der Waals surface area (Å²) in [5.41, 5.74) is 10.9. The lowest BCUT2D eigenvalue weighted by Crippen LogP contribution is -2.13. The van der Waals surface area contributed by atoms with E-state index in [2.05, 4.69) is 17.4 Å². The summed E-state index contributed by atoms with van der Waals surface area (Å²) in [7, 11) is 3.84. The number of aromatic nitrogens is 3. The van der Waals surface area contributed by atoms with Gasteiger partial charge in [-0.1, -0.05) is 17.7 Å². The zero-order valence-electron chi connectivity index (χ0n) is 27.1. The highest BCUT2D eigenvalue weighted by Crippen LogP contribution is 2.43. The first kappa shape index (κ1) is 32.3. The first-order valence-electron chi connectivity index (χ1n) is 16.1. The molecule has 0 unspecified atom stereocenters. The molecule has 46 heavy (non-hydrogen) atoms. The topological polar surface area (TPSA) is 105 Å². The third kappa shape index (κ3) is 6.19. The van der Waals surface area contributed by atoms with Crippen molar-refractivity contribution in [2.75, 3.05) is 19.4 Å². The van der Waals surface area contributed by atoms with E-state index in [9.17, 15) is 9.90 Å². The molecule has 242 valence electrons. The Morgan fingerprint density at radius 3 is 2.67 bits per heavy atom. The third-order valence-corrected chi connectivity index (χ3v) is 10.7. The zero-order chi connectivity index (χ0) is 32.5. The lowest BCUT2D eigenvalue weighted by molar-refractivity contribution is 0.0684. The zero-order valence-corrected chi connectivity index (χ0v) is 28.6. The average molecular weight is 660 g/mol. The largest absolute Gasteiger partial charge is 0.493 e. The van der Waals surface area contributed by atoms with Gasteiger partial charge >= 0.3 is 5.97 Å². The van der Waals surface area contributed by atoms with Gasteiger partial charge in [-0.3, -0.25) is 4.68 Å². The predicted octanol–water partition coefficient (Wildman–Crippen LogP) is 7.66. The van der Waals surface area contributed by atoms with Crippen molar-refractivity contribution in [1.82, 2.24) is 19.7 Å². The number of ether oxygens (including phenoxy) is 1. The molecule has 0 atom stereocenters. The molecule has 0 radical (unpaired) electrons. The minimum atomic E-state index is -0.959. The Kier molecular flexibility index (Phi) is 9.52. The van der Waals surface area contributed by atoms with E-state index >= 15 is 0 Å². The molecule has 1 aliphatic heterocycles. The molecular formula is C36H42ClN5O3S. The quantitative estimate of drug-likeness (QED) is 0.204. The van der Waals surface area contributed by atoms with E-state index in [0.29, 0.717) is 47.4 Å². The van der Waals surface area contributed by atoms with Crippen LogP contribution < -0.4 is 10.1 Å². The van der Waals surface area contributed by atoms with Crippen LogP contribution in [0.15, 0.2) is 36.0 Å². The number of fused-ring (bicyclic) bond motifs is 6. The molecule has 10 heteroatoms. The number of hydrogen-bond acceptors (Lipinski definition) is 6. The summed E-state index contributed by atoms with van der Waals surface area (Å²) >= 11 is 8.61. The van der Waals surface area contributed by atoms with Crippen LogP contribution in [0.4, 0.5) is 0 Å².